The molecule has 2 aromatic heterocycles. The third-order valence-corrected chi connectivity index (χ3v) is 7.75. The normalized spacial score (nSPS) is 18.1. The van der Waals surface area contributed by atoms with Crippen molar-refractivity contribution in [3.63, 3.8) is 0 Å². The lowest BCUT2D eigenvalue weighted by atomic mass is 9.90. The van der Waals surface area contributed by atoms with Crippen molar-refractivity contribution < 1.29 is 9.59 Å². The molecule has 1 fully saturated rings. The number of hydrogen-bond donors (Lipinski definition) is 1. The molecule has 3 aromatic rings. The van der Waals surface area contributed by atoms with Crippen molar-refractivity contribution >= 4 is 40.3 Å². The van der Waals surface area contributed by atoms with Gasteiger partial charge in [-0.2, -0.15) is 0 Å². The molecule has 1 amide bonds. The van der Waals surface area contributed by atoms with Crippen molar-refractivity contribution in [3.8, 4) is 5.69 Å². The molecule has 1 aliphatic carbocycles. The Bertz CT molecular complexity index is 1320. The van der Waals surface area contributed by atoms with E-state index in [4.69, 9.17) is 11.6 Å². The number of allylic oxidation sites excluding steroid dienone is 4. The fourth-order valence-corrected chi connectivity index (χ4v) is 5.44. The van der Waals surface area contributed by atoms with Gasteiger partial charge in [-0.15, -0.1) is 16.4 Å². The van der Waals surface area contributed by atoms with Crippen molar-refractivity contribution in [2.75, 3.05) is 37.6 Å². The molecule has 8 nitrogen and oxygen atoms in total. The van der Waals surface area contributed by atoms with Crippen LogP contribution in [0.4, 0.5) is 5.69 Å². The standard InChI is InChI=1S/C26H27ClN6O2S/c1-2-31-11-13-32(14-12-31)22-15-18(20-5-3-4-6-23(20)34)7-8-21(22)33-17-19(29-30-33)16-28-26(35)24-9-10-25(27)36-24/h3-10,15,17,20H,2,11-14,16H2,1H3,(H,28,35). The number of ketones is 1. The van der Waals surface area contributed by atoms with Crippen LogP contribution in [-0.2, 0) is 11.3 Å². The van der Waals surface area contributed by atoms with Crippen molar-refractivity contribution in [2.24, 2.45) is 0 Å². The molecule has 0 bridgehead atoms. The maximum atomic E-state index is 12.5. The smallest absolute Gasteiger partial charge is 0.261 e. The van der Waals surface area contributed by atoms with E-state index in [-0.39, 0.29) is 24.2 Å². The summed E-state index contributed by atoms with van der Waals surface area (Å²) in [5.41, 5.74) is 3.51. The van der Waals surface area contributed by atoms with E-state index >= 15 is 0 Å². The minimum atomic E-state index is -0.285. The monoisotopic (exact) mass is 522 g/mol. The number of nitrogens with one attached hydrogen (secondary N) is 1. The first kappa shape index (κ1) is 24.4. The second kappa shape index (κ2) is 10.8. The molecule has 10 heteroatoms. The van der Waals surface area contributed by atoms with Crippen molar-refractivity contribution in [1.82, 2.24) is 25.2 Å². The molecule has 1 atom stereocenters. The number of hydrogen-bond acceptors (Lipinski definition) is 7. The van der Waals surface area contributed by atoms with Gasteiger partial charge in [0.2, 0.25) is 0 Å². The lowest BCUT2D eigenvalue weighted by molar-refractivity contribution is -0.115. The maximum Gasteiger partial charge on any atom is 0.261 e. The molecule has 2 aliphatic rings. The third kappa shape index (κ3) is 5.28. The third-order valence-electron chi connectivity index (χ3n) is 6.52. The highest BCUT2D eigenvalue weighted by Crippen LogP contribution is 2.32. The van der Waals surface area contributed by atoms with Crippen LogP contribution >= 0.6 is 22.9 Å². The summed E-state index contributed by atoms with van der Waals surface area (Å²) < 4.78 is 2.32. The molecule has 1 N–H and O–H groups in total. The molecule has 5 rings (SSSR count). The Balaban J connectivity index is 1.39. The van der Waals surface area contributed by atoms with E-state index < -0.39 is 0 Å². The van der Waals surface area contributed by atoms with Gasteiger partial charge < -0.3 is 15.1 Å². The number of carbonyl (C=O) groups is 2. The zero-order valence-corrected chi connectivity index (χ0v) is 21.5. The molecular formula is C26H27ClN6O2S. The van der Waals surface area contributed by atoms with E-state index in [0.717, 1.165) is 49.7 Å². The molecule has 0 spiro atoms. The second-order valence-electron chi connectivity index (χ2n) is 8.73. The number of piperazine rings is 1. The number of likely N-dealkylation sites (N-methyl/N-ethyl adjacent to an activating group) is 1. The van der Waals surface area contributed by atoms with Crippen LogP contribution in [0.1, 0.15) is 33.8 Å². The van der Waals surface area contributed by atoms with Crippen LogP contribution in [0, 0.1) is 0 Å². The molecule has 1 saturated heterocycles. The molecule has 1 unspecified atom stereocenters. The van der Waals surface area contributed by atoms with Crippen LogP contribution in [0.3, 0.4) is 0 Å². The van der Waals surface area contributed by atoms with Crippen LogP contribution in [0.25, 0.3) is 5.69 Å². The van der Waals surface area contributed by atoms with E-state index in [9.17, 15) is 9.59 Å². The zero-order chi connectivity index (χ0) is 25.1. The van der Waals surface area contributed by atoms with Crippen LogP contribution in [-0.4, -0.2) is 64.3 Å². The zero-order valence-electron chi connectivity index (χ0n) is 19.9. The Hall–Kier alpha value is -3.27. The van der Waals surface area contributed by atoms with Crippen molar-refractivity contribution in [3.05, 3.63) is 81.3 Å². The molecule has 1 aliphatic heterocycles. The Morgan fingerprint density at radius 3 is 2.69 bits per heavy atom. The van der Waals surface area contributed by atoms with E-state index in [1.54, 1.807) is 29.0 Å². The highest BCUT2D eigenvalue weighted by molar-refractivity contribution is 7.18. The van der Waals surface area contributed by atoms with E-state index in [1.165, 1.54) is 11.3 Å². The lowest BCUT2D eigenvalue weighted by Crippen LogP contribution is -2.46. The average molecular weight is 523 g/mol. The first-order valence-corrected chi connectivity index (χ1v) is 13.2. The summed E-state index contributed by atoms with van der Waals surface area (Å²) in [5, 5.41) is 11.5. The van der Waals surface area contributed by atoms with E-state index in [1.807, 2.05) is 30.5 Å². The molecule has 0 radical (unpaired) electrons. The fourth-order valence-electron chi connectivity index (χ4n) is 4.48. The van der Waals surface area contributed by atoms with Crippen LogP contribution < -0.4 is 10.2 Å². The number of rotatable bonds is 7. The number of thiophene rings is 1. The van der Waals surface area contributed by atoms with Gasteiger partial charge in [0.05, 0.1) is 39.2 Å². The van der Waals surface area contributed by atoms with Gasteiger partial charge in [-0.25, -0.2) is 4.68 Å². The second-order valence-corrected chi connectivity index (χ2v) is 10.4. The van der Waals surface area contributed by atoms with Gasteiger partial charge in [0, 0.05) is 26.2 Å². The quantitative estimate of drug-likeness (QED) is 0.508. The Morgan fingerprint density at radius 2 is 1.97 bits per heavy atom. The molecule has 36 heavy (non-hydrogen) atoms. The number of halogens is 1. The molecule has 0 saturated carbocycles. The van der Waals surface area contributed by atoms with Gasteiger partial charge in [0.15, 0.2) is 5.78 Å². The summed E-state index contributed by atoms with van der Waals surface area (Å²) >= 11 is 7.17. The Morgan fingerprint density at radius 1 is 1.14 bits per heavy atom. The number of nitrogens with zero attached hydrogens (tertiary/aromatic N) is 5. The number of benzene rings is 1. The largest absolute Gasteiger partial charge is 0.367 e. The molecular weight excluding hydrogens is 496 g/mol. The number of amides is 1. The number of aromatic nitrogens is 3. The fraction of sp³-hybridized carbons (Fsp3) is 0.308. The highest BCUT2D eigenvalue weighted by Gasteiger charge is 2.23. The SMILES string of the molecule is CCN1CCN(c2cc(C3C=CC=CC3=O)ccc2-n2cc(CNC(=O)c3ccc(Cl)s3)nn2)CC1. The summed E-state index contributed by atoms with van der Waals surface area (Å²) in [6.45, 7) is 7.20. The summed E-state index contributed by atoms with van der Waals surface area (Å²) in [5.74, 6) is -0.399. The average Bonchev–Trinajstić information content (AvgIpc) is 3.56. The van der Waals surface area contributed by atoms with Gasteiger partial charge in [-0.1, -0.05) is 48.0 Å². The first-order valence-electron chi connectivity index (χ1n) is 12.0. The minimum absolute atomic E-state index is 0.0813. The minimum Gasteiger partial charge on any atom is -0.367 e. The summed E-state index contributed by atoms with van der Waals surface area (Å²) in [7, 11) is 0. The van der Waals surface area contributed by atoms with Crippen LogP contribution in [0.2, 0.25) is 4.34 Å². The van der Waals surface area contributed by atoms with Crippen molar-refractivity contribution in [2.45, 2.75) is 19.4 Å². The highest BCUT2D eigenvalue weighted by atomic mass is 35.5. The van der Waals surface area contributed by atoms with Gasteiger partial charge in [-0.3, -0.25) is 9.59 Å². The molecule has 186 valence electrons. The van der Waals surface area contributed by atoms with Crippen LogP contribution in [0.15, 0.2) is 60.8 Å². The predicted octanol–water partition coefficient (Wildman–Crippen LogP) is 3.83. The maximum absolute atomic E-state index is 12.5. The van der Waals surface area contributed by atoms with Gasteiger partial charge in [-0.05, 0) is 42.4 Å². The summed E-state index contributed by atoms with van der Waals surface area (Å²) in [6.07, 6.45) is 9.09. The van der Waals surface area contributed by atoms with Crippen LogP contribution in [0.5, 0.6) is 0 Å². The van der Waals surface area contributed by atoms with E-state index in [2.05, 4.69) is 38.4 Å². The Labute approximate surface area is 218 Å². The van der Waals surface area contributed by atoms with Gasteiger partial charge in [0.1, 0.15) is 5.69 Å². The topological polar surface area (TPSA) is 83.4 Å². The Kier molecular flexibility index (Phi) is 7.31. The first-order chi connectivity index (χ1) is 17.5. The number of anilines is 1. The number of carbonyl (C=O) groups excluding carboxylic acids is 2. The summed E-state index contributed by atoms with van der Waals surface area (Å²) in [6, 6.07) is 9.49. The van der Waals surface area contributed by atoms with Crippen molar-refractivity contribution in [1.29, 1.82) is 0 Å². The predicted molar refractivity (Wildman–Crippen MR) is 142 cm³/mol. The van der Waals surface area contributed by atoms with E-state index in [0.29, 0.717) is 14.9 Å². The van der Waals surface area contributed by atoms with Gasteiger partial charge in [0.25, 0.3) is 5.91 Å². The lowest BCUT2D eigenvalue weighted by Gasteiger charge is -2.36. The van der Waals surface area contributed by atoms with Gasteiger partial charge >= 0.3 is 0 Å². The molecule has 1 aromatic carbocycles. The molecule has 3 heterocycles. The summed E-state index contributed by atoms with van der Waals surface area (Å²) in [4.78, 5) is 30.2.